The lowest BCUT2D eigenvalue weighted by atomic mass is 10.1. The molecule has 3 heterocycles. The smallest absolute Gasteiger partial charge is 0.247 e. The molecule has 0 aliphatic carbocycles. The van der Waals surface area contributed by atoms with Gasteiger partial charge in [0.15, 0.2) is 0 Å². The molecule has 0 spiro atoms. The number of fused-ring (bicyclic) bond motifs is 1. The fourth-order valence-corrected chi connectivity index (χ4v) is 4.91. The van der Waals surface area contributed by atoms with E-state index in [9.17, 15) is 9.18 Å². The molecule has 4 aromatic rings. The summed E-state index contributed by atoms with van der Waals surface area (Å²) in [6.45, 7) is 5.54. The Bertz CT molecular complexity index is 1420. The van der Waals surface area contributed by atoms with Crippen molar-refractivity contribution in [3.05, 3.63) is 84.7 Å². The van der Waals surface area contributed by atoms with Crippen LogP contribution in [-0.2, 0) is 11.2 Å². The zero-order chi connectivity index (χ0) is 26.5. The molecule has 38 heavy (non-hydrogen) atoms. The van der Waals surface area contributed by atoms with Crippen molar-refractivity contribution < 1.29 is 9.18 Å². The highest BCUT2D eigenvalue weighted by molar-refractivity contribution is 5.98. The van der Waals surface area contributed by atoms with Crippen LogP contribution < -0.4 is 15.5 Å². The Morgan fingerprint density at radius 1 is 1.21 bits per heavy atom. The number of aromatic amines is 1. The third-order valence-electron chi connectivity index (χ3n) is 6.97. The van der Waals surface area contributed by atoms with E-state index in [0.29, 0.717) is 30.6 Å². The van der Waals surface area contributed by atoms with E-state index in [1.54, 1.807) is 0 Å². The van der Waals surface area contributed by atoms with Gasteiger partial charge in [0.2, 0.25) is 11.9 Å². The first kappa shape index (κ1) is 25.4. The topological polar surface area (TPSA) is 89.2 Å². The molecule has 0 bridgehead atoms. The minimum atomic E-state index is -0.296. The predicted octanol–water partition coefficient (Wildman–Crippen LogP) is 4.90. The maximum Gasteiger partial charge on any atom is 0.247 e. The number of carbonyl (C=O) groups is 1. The van der Waals surface area contributed by atoms with Gasteiger partial charge in [-0.1, -0.05) is 18.7 Å². The number of H-pyrrole nitrogens is 1. The molecular formula is C29H32FN7O. The normalized spacial score (nSPS) is 15.5. The number of alkyl halides is 1. The molecule has 3 N–H and O–H groups in total. The number of likely N-dealkylation sites (N-methyl/N-ethyl adjacent to an activating group) is 1. The first-order chi connectivity index (χ1) is 18.5. The van der Waals surface area contributed by atoms with Crippen LogP contribution in [0.4, 0.5) is 27.4 Å². The van der Waals surface area contributed by atoms with Crippen LogP contribution in [0.3, 0.4) is 0 Å². The van der Waals surface area contributed by atoms with Gasteiger partial charge in [-0.2, -0.15) is 4.98 Å². The van der Waals surface area contributed by atoms with Crippen LogP contribution in [0.15, 0.2) is 73.4 Å². The van der Waals surface area contributed by atoms with Crippen molar-refractivity contribution >= 4 is 40.0 Å². The molecule has 1 saturated heterocycles. The van der Waals surface area contributed by atoms with Gasteiger partial charge in [-0.15, -0.1) is 0 Å². The number of aromatic nitrogens is 3. The lowest BCUT2D eigenvalue weighted by Crippen LogP contribution is -2.35. The van der Waals surface area contributed by atoms with Crippen molar-refractivity contribution in [3.8, 4) is 0 Å². The summed E-state index contributed by atoms with van der Waals surface area (Å²) < 4.78 is 12.7. The summed E-state index contributed by atoms with van der Waals surface area (Å²) in [5.74, 6) is 0.257. The van der Waals surface area contributed by atoms with Crippen molar-refractivity contribution in [2.75, 3.05) is 48.9 Å². The molecule has 9 heteroatoms. The molecule has 1 aliphatic heterocycles. The van der Waals surface area contributed by atoms with Crippen molar-refractivity contribution in [2.24, 2.45) is 0 Å². The largest absolute Gasteiger partial charge is 0.370 e. The standard InChI is InChI=1S/C29H32FN7O/c1-3-27(38)32-22-6-4-5-20(17-22)18-26-25-11-14-31-28(25)35-29(34-26)33-21-7-9-23(10-8-21)36(2)24-12-15-37(19-24)16-13-30/h3-11,14,17,24H,1,12-13,15-16,18-19H2,2H3,(H,32,38)(H2,31,33,34,35). The lowest BCUT2D eigenvalue weighted by Gasteiger charge is -2.27. The Labute approximate surface area is 221 Å². The summed E-state index contributed by atoms with van der Waals surface area (Å²) >= 11 is 0. The summed E-state index contributed by atoms with van der Waals surface area (Å²) in [6, 6.07) is 18.3. The van der Waals surface area contributed by atoms with E-state index in [-0.39, 0.29) is 12.6 Å². The highest BCUT2D eigenvalue weighted by atomic mass is 19.1. The quantitative estimate of drug-likeness (QED) is 0.262. The Morgan fingerprint density at radius 3 is 2.84 bits per heavy atom. The van der Waals surface area contributed by atoms with Crippen molar-refractivity contribution in [1.29, 1.82) is 0 Å². The van der Waals surface area contributed by atoms with Gasteiger partial charge in [-0.25, -0.2) is 9.37 Å². The molecule has 0 radical (unpaired) electrons. The summed E-state index contributed by atoms with van der Waals surface area (Å²) in [6.07, 6.45) is 4.72. The average Bonchev–Trinajstić information content (AvgIpc) is 3.59. The predicted molar refractivity (Wildman–Crippen MR) is 151 cm³/mol. The zero-order valence-electron chi connectivity index (χ0n) is 21.5. The fourth-order valence-electron chi connectivity index (χ4n) is 4.91. The van der Waals surface area contributed by atoms with Gasteiger partial charge >= 0.3 is 0 Å². The molecule has 0 saturated carbocycles. The third-order valence-corrected chi connectivity index (χ3v) is 6.97. The zero-order valence-corrected chi connectivity index (χ0v) is 21.5. The minimum absolute atomic E-state index is 0.247. The number of halogens is 1. The number of likely N-dealkylation sites (tertiary alicyclic amines) is 1. The second-order valence-electron chi connectivity index (χ2n) is 9.52. The molecule has 5 rings (SSSR count). The fraction of sp³-hybridized carbons (Fsp3) is 0.276. The summed E-state index contributed by atoms with van der Waals surface area (Å²) in [7, 11) is 2.10. The van der Waals surface area contributed by atoms with E-state index in [1.165, 1.54) is 6.08 Å². The maximum atomic E-state index is 12.7. The van der Waals surface area contributed by atoms with Gasteiger partial charge in [0.05, 0.1) is 5.69 Å². The molecule has 1 fully saturated rings. The maximum absolute atomic E-state index is 12.7. The number of amides is 1. The lowest BCUT2D eigenvalue weighted by molar-refractivity contribution is -0.111. The number of carbonyl (C=O) groups excluding carboxylic acids is 1. The molecule has 196 valence electrons. The van der Waals surface area contributed by atoms with Gasteiger partial charge in [0.1, 0.15) is 12.3 Å². The summed E-state index contributed by atoms with van der Waals surface area (Å²) in [5, 5.41) is 7.09. The second-order valence-corrected chi connectivity index (χ2v) is 9.52. The molecule has 2 aromatic carbocycles. The number of nitrogens with one attached hydrogen (secondary N) is 3. The third kappa shape index (κ3) is 5.84. The van der Waals surface area contributed by atoms with Crippen LogP contribution in [0.5, 0.6) is 0 Å². The van der Waals surface area contributed by atoms with E-state index in [2.05, 4.69) is 56.2 Å². The first-order valence-corrected chi connectivity index (χ1v) is 12.8. The van der Waals surface area contributed by atoms with Gasteiger partial charge in [0.25, 0.3) is 0 Å². The van der Waals surface area contributed by atoms with Gasteiger partial charge < -0.3 is 20.5 Å². The van der Waals surface area contributed by atoms with Gasteiger partial charge in [-0.3, -0.25) is 9.69 Å². The second kappa shape index (κ2) is 11.4. The molecule has 8 nitrogen and oxygen atoms in total. The summed E-state index contributed by atoms with van der Waals surface area (Å²) in [5.41, 5.74) is 5.36. The van der Waals surface area contributed by atoms with Crippen LogP contribution in [0.25, 0.3) is 11.0 Å². The van der Waals surface area contributed by atoms with Crippen LogP contribution in [0.1, 0.15) is 17.7 Å². The number of rotatable bonds is 10. The van der Waals surface area contributed by atoms with E-state index < -0.39 is 0 Å². The Kier molecular flexibility index (Phi) is 7.65. The Balaban J connectivity index is 1.31. The van der Waals surface area contributed by atoms with Crippen molar-refractivity contribution in [1.82, 2.24) is 19.9 Å². The van der Waals surface area contributed by atoms with Gasteiger partial charge in [-0.05, 0) is 60.5 Å². The minimum Gasteiger partial charge on any atom is -0.370 e. The van der Waals surface area contributed by atoms with Crippen LogP contribution in [-0.4, -0.2) is 65.2 Å². The molecule has 1 atom stereocenters. The Morgan fingerprint density at radius 2 is 2.05 bits per heavy atom. The number of hydrogen-bond donors (Lipinski definition) is 3. The average molecular weight is 514 g/mol. The van der Waals surface area contributed by atoms with Crippen molar-refractivity contribution in [3.63, 3.8) is 0 Å². The molecule has 1 aliphatic rings. The van der Waals surface area contributed by atoms with E-state index in [0.717, 1.165) is 53.2 Å². The molecule has 1 amide bonds. The molecular weight excluding hydrogens is 481 g/mol. The number of nitrogens with zero attached hydrogens (tertiary/aromatic N) is 4. The molecule has 2 aromatic heterocycles. The van der Waals surface area contributed by atoms with E-state index in [4.69, 9.17) is 4.98 Å². The number of anilines is 4. The van der Waals surface area contributed by atoms with E-state index in [1.807, 2.05) is 48.7 Å². The first-order valence-electron chi connectivity index (χ1n) is 12.8. The SMILES string of the molecule is C=CC(=O)Nc1cccc(Cc2nc(Nc3ccc(N(C)C4CCN(CCF)C4)cc3)nc3[nH]ccc23)c1. The highest BCUT2D eigenvalue weighted by Crippen LogP contribution is 2.26. The van der Waals surface area contributed by atoms with E-state index >= 15 is 0 Å². The van der Waals surface area contributed by atoms with Crippen LogP contribution in [0, 0.1) is 0 Å². The van der Waals surface area contributed by atoms with Crippen LogP contribution in [0.2, 0.25) is 0 Å². The monoisotopic (exact) mass is 513 g/mol. The van der Waals surface area contributed by atoms with Gasteiger partial charge in [0, 0.05) is 67.8 Å². The van der Waals surface area contributed by atoms with Crippen molar-refractivity contribution in [2.45, 2.75) is 18.9 Å². The number of benzene rings is 2. The number of hydrogen-bond acceptors (Lipinski definition) is 6. The molecule has 1 unspecified atom stereocenters. The summed E-state index contributed by atoms with van der Waals surface area (Å²) in [4.78, 5) is 28.8. The van der Waals surface area contributed by atoms with Crippen LogP contribution >= 0.6 is 0 Å². The Hall–Kier alpha value is -4.24. The highest BCUT2D eigenvalue weighted by Gasteiger charge is 2.25.